The summed E-state index contributed by atoms with van der Waals surface area (Å²) in [5, 5.41) is 10.2. The Hall–Kier alpha value is -3.37. The highest BCUT2D eigenvalue weighted by Gasteiger charge is 2.12. The number of thiazole rings is 1. The van der Waals surface area contributed by atoms with Gasteiger partial charge in [-0.2, -0.15) is 5.26 Å². The normalized spacial score (nSPS) is 10.6. The van der Waals surface area contributed by atoms with Crippen LogP contribution < -0.4 is 4.74 Å². The molecule has 0 aliphatic rings. The number of nitriles is 1. The summed E-state index contributed by atoms with van der Waals surface area (Å²) in [6.45, 7) is 0. The van der Waals surface area contributed by atoms with Gasteiger partial charge in [-0.25, -0.2) is 19.3 Å². The lowest BCUT2D eigenvalue weighted by Gasteiger charge is -2.08. The third-order valence-electron chi connectivity index (χ3n) is 3.44. The van der Waals surface area contributed by atoms with Crippen LogP contribution in [-0.2, 0) is 0 Å². The lowest BCUT2D eigenvalue weighted by molar-refractivity contribution is 0.475. The van der Waals surface area contributed by atoms with Crippen molar-refractivity contribution in [3.8, 4) is 28.1 Å². The molecular weight excluding hydrogens is 339 g/mol. The molecule has 0 N–H and O–H groups in total. The number of hydrogen-bond acceptors (Lipinski definition) is 6. The number of halogens is 1. The summed E-state index contributed by atoms with van der Waals surface area (Å²) in [5.74, 6) is 0.292. The van der Waals surface area contributed by atoms with Crippen LogP contribution in [0.2, 0.25) is 0 Å². The topological polar surface area (TPSA) is 71.7 Å². The summed E-state index contributed by atoms with van der Waals surface area (Å²) in [5.41, 5.74) is 1.83. The summed E-state index contributed by atoms with van der Waals surface area (Å²) in [7, 11) is 0. The van der Waals surface area contributed by atoms with Gasteiger partial charge in [0, 0.05) is 11.6 Å². The molecule has 0 saturated carbocycles. The fourth-order valence-electron chi connectivity index (χ4n) is 2.31. The van der Waals surface area contributed by atoms with Gasteiger partial charge in [0.25, 0.3) is 0 Å². The van der Waals surface area contributed by atoms with E-state index in [2.05, 4.69) is 21.0 Å². The van der Waals surface area contributed by atoms with Crippen molar-refractivity contribution in [2.45, 2.75) is 0 Å². The second kappa shape index (κ2) is 6.26. The summed E-state index contributed by atoms with van der Waals surface area (Å²) >= 11 is 1.42. The van der Waals surface area contributed by atoms with Crippen molar-refractivity contribution in [2.24, 2.45) is 0 Å². The standard InChI is InChI=1S/C18H9FN4OS/c19-13-2-1-3-14(7-13)24-16-5-4-11(6-12(16)8-20)17-23-15-9-21-10-22-18(15)25-17/h1-7,9-10H. The number of nitrogens with zero attached hydrogens (tertiary/aromatic N) is 4. The molecule has 0 amide bonds. The Morgan fingerprint density at radius 1 is 1.16 bits per heavy atom. The molecule has 0 unspecified atom stereocenters. The SMILES string of the molecule is N#Cc1cc(-c2nc3cncnc3s2)ccc1Oc1cccc(F)c1. The first-order valence-corrected chi connectivity index (χ1v) is 8.09. The fraction of sp³-hybridized carbons (Fsp3) is 0. The van der Waals surface area contributed by atoms with Crippen LogP contribution in [0.15, 0.2) is 55.0 Å². The van der Waals surface area contributed by atoms with Crippen molar-refractivity contribution >= 4 is 21.7 Å². The van der Waals surface area contributed by atoms with Crippen molar-refractivity contribution in [1.82, 2.24) is 15.0 Å². The van der Waals surface area contributed by atoms with Crippen molar-refractivity contribution < 1.29 is 9.13 Å². The Kier molecular flexibility index (Phi) is 3.80. The van der Waals surface area contributed by atoms with Gasteiger partial charge in [0.15, 0.2) is 0 Å². The molecule has 0 spiro atoms. The van der Waals surface area contributed by atoms with Crippen LogP contribution in [0, 0.1) is 17.1 Å². The minimum atomic E-state index is -0.400. The first-order valence-electron chi connectivity index (χ1n) is 7.27. The Morgan fingerprint density at radius 3 is 2.88 bits per heavy atom. The predicted octanol–water partition coefficient (Wildman–Crippen LogP) is 4.56. The molecule has 0 aliphatic carbocycles. The van der Waals surface area contributed by atoms with Crippen LogP contribution in [0.25, 0.3) is 20.9 Å². The average Bonchev–Trinajstić information content (AvgIpc) is 3.06. The smallest absolute Gasteiger partial charge is 0.147 e. The van der Waals surface area contributed by atoms with E-state index in [1.807, 2.05) is 0 Å². The zero-order valence-corrected chi connectivity index (χ0v) is 13.5. The molecule has 7 heteroatoms. The van der Waals surface area contributed by atoms with Gasteiger partial charge in [0.2, 0.25) is 0 Å². The van der Waals surface area contributed by atoms with E-state index in [1.54, 1.807) is 36.5 Å². The van der Waals surface area contributed by atoms with Crippen LogP contribution >= 0.6 is 11.3 Å². The van der Waals surface area contributed by atoms with Crippen molar-refractivity contribution in [3.05, 3.63) is 66.4 Å². The molecule has 0 atom stereocenters. The van der Waals surface area contributed by atoms with Crippen molar-refractivity contribution in [3.63, 3.8) is 0 Å². The number of fused-ring (bicyclic) bond motifs is 1. The molecule has 0 saturated heterocycles. The molecule has 4 rings (SSSR count). The van der Waals surface area contributed by atoms with E-state index in [0.717, 1.165) is 15.4 Å². The first kappa shape index (κ1) is 15.2. The van der Waals surface area contributed by atoms with Crippen LogP contribution in [0.4, 0.5) is 4.39 Å². The summed E-state index contributed by atoms with van der Waals surface area (Å²) in [4.78, 5) is 13.4. The largest absolute Gasteiger partial charge is 0.456 e. The van der Waals surface area contributed by atoms with E-state index >= 15 is 0 Å². The van der Waals surface area contributed by atoms with Gasteiger partial charge in [0.1, 0.15) is 45.1 Å². The number of benzene rings is 2. The Bertz CT molecular complexity index is 1090. The minimum absolute atomic E-state index is 0.333. The first-order chi connectivity index (χ1) is 12.2. The summed E-state index contributed by atoms with van der Waals surface area (Å²) < 4.78 is 18.9. The molecule has 4 aromatic rings. The molecule has 0 bridgehead atoms. The van der Waals surface area contributed by atoms with Crippen molar-refractivity contribution in [2.75, 3.05) is 0 Å². The molecule has 0 aliphatic heterocycles. The molecule has 2 aromatic heterocycles. The Morgan fingerprint density at radius 2 is 2.08 bits per heavy atom. The zero-order valence-electron chi connectivity index (χ0n) is 12.7. The summed E-state index contributed by atoms with van der Waals surface area (Å²) in [6.07, 6.45) is 3.12. The molecule has 120 valence electrons. The highest BCUT2D eigenvalue weighted by molar-refractivity contribution is 7.21. The number of aromatic nitrogens is 3. The second-order valence-corrected chi connectivity index (χ2v) is 6.09. The van der Waals surface area contributed by atoms with Gasteiger partial charge in [-0.15, -0.1) is 0 Å². The number of hydrogen-bond donors (Lipinski definition) is 0. The third kappa shape index (κ3) is 3.03. The molecule has 2 heterocycles. The van der Waals surface area contributed by atoms with Gasteiger partial charge in [-0.05, 0) is 30.3 Å². The van der Waals surface area contributed by atoms with Gasteiger partial charge in [0.05, 0.1) is 11.8 Å². The van der Waals surface area contributed by atoms with E-state index < -0.39 is 5.82 Å². The molecule has 5 nitrogen and oxygen atoms in total. The van der Waals surface area contributed by atoms with Crippen molar-refractivity contribution in [1.29, 1.82) is 5.26 Å². The third-order valence-corrected chi connectivity index (χ3v) is 4.47. The zero-order chi connectivity index (χ0) is 17.2. The van der Waals surface area contributed by atoms with Gasteiger partial charge >= 0.3 is 0 Å². The maximum atomic E-state index is 13.3. The van der Waals surface area contributed by atoms with E-state index in [0.29, 0.717) is 22.6 Å². The fourth-order valence-corrected chi connectivity index (χ4v) is 3.19. The molecule has 2 aromatic carbocycles. The molecule has 0 fully saturated rings. The van der Waals surface area contributed by atoms with Gasteiger partial charge in [-0.1, -0.05) is 17.4 Å². The minimum Gasteiger partial charge on any atom is -0.456 e. The van der Waals surface area contributed by atoms with Crippen LogP contribution in [0.5, 0.6) is 11.5 Å². The molecular formula is C18H9FN4OS. The quantitative estimate of drug-likeness (QED) is 0.543. The number of ether oxygens (including phenoxy) is 1. The monoisotopic (exact) mass is 348 g/mol. The highest BCUT2D eigenvalue weighted by atomic mass is 32.1. The molecule has 0 radical (unpaired) electrons. The lowest BCUT2D eigenvalue weighted by atomic mass is 10.1. The van der Waals surface area contributed by atoms with E-state index in [-0.39, 0.29) is 0 Å². The van der Waals surface area contributed by atoms with Gasteiger partial charge < -0.3 is 4.74 Å². The lowest BCUT2D eigenvalue weighted by Crippen LogP contribution is -1.90. The van der Waals surface area contributed by atoms with Gasteiger partial charge in [-0.3, -0.25) is 0 Å². The Labute approximate surface area is 146 Å². The maximum absolute atomic E-state index is 13.3. The number of rotatable bonds is 3. The van der Waals surface area contributed by atoms with E-state index in [9.17, 15) is 9.65 Å². The second-order valence-electron chi connectivity index (χ2n) is 5.11. The van der Waals surface area contributed by atoms with E-state index in [1.165, 1.54) is 29.8 Å². The maximum Gasteiger partial charge on any atom is 0.147 e. The Balaban J connectivity index is 1.71. The van der Waals surface area contributed by atoms with Crippen LogP contribution in [-0.4, -0.2) is 15.0 Å². The van der Waals surface area contributed by atoms with Crippen LogP contribution in [0.1, 0.15) is 5.56 Å². The van der Waals surface area contributed by atoms with E-state index in [4.69, 9.17) is 4.74 Å². The molecule has 25 heavy (non-hydrogen) atoms. The summed E-state index contributed by atoms with van der Waals surface area (Å²) in [6, 6.07) is 13.1. The van der Waals surface area contributed by atoms with Crippen LogP contribution in [0.3, 0.4) is 0 Å². The highest BCUT2D eigenvalue weighted by Crippen LogP contribution is 2.33. The predicted molar refractivity (Wildman–Crippen MR) is 91.8 cm³/mol. The average molecular weight is 348 g/mol.